The maximum atomic E-state index is 5.51. The van der Waals surface area contributed by atoms with Gasteiger partial charge >= 0.3 is 0 Å². The van der Waals surface area contributed by atoms with Gasteiger partial charge < -0.3 is 4.74 Å². The fraction of sp³-hybridized carbons (Fsp3) is 0.538. The highest BCUT2D eigenvalue weighted by Gasteiger charge is 2.25. The molecule has 1 fully saturated rings. The zero-order valence-electron chi connectivity index (χ0n) is 8.71. The summed E-state index contributed by atoms with van der Waals surface area (Å²) in [6.07, 6.45) is 5.22. The van der Waals surface area contributed by atoms with E-state index in [1.807, 2.05) is 0 Å². The van der Waals surface area contributed by atoms with E-state index >= 15 is 0 Å². The van der Waals surface area contributed by atoms with E-state index in [9.17, 15) is 0 Å². The highest BCUT2D eigenvalue weighted by atomic mass is 79.9. The smallest absolute Gasteiger partial charge is 0.122 e. The van der Waals surface area contributed by atoms with E-state index in [2.05, 4.69) is 34.1 Å². The number of ether oxygens (including phenoxy) is 1. The Balaban J connectivity index is 1.78. The molecule has 0 aromatic heterocycles. The van der Waals surface area contributed by atoms with E-state index in [4.69, 9.17) is 4.74 Å². The number of hydrogen-bond donors (Lipinski definition) is 0. The number of alkyl halides is 1. The molecule has 2 heteroatoms. The molecule has 2 aliphatic rings. The summed E-state index contributed by atoms with van der Waals surface area (Å²) in [6.45, 7) is 0.856. The Morgan fingerprint density at radius 2 is 2.27 bits per heavy atom. The Morgan fingerprint density at radius 1 is 1.40 bits per heavy atom. The molecule has 0 amide bonds. The summed E-state index contributed by atoms with van der Waals surface area (Å²) in [6, 6.07) is 6.63. The molecule has 1 aliphatic carbocycles. The van der Waals surface area contributed by atoms with E-state index < -0.39 is 0 Å². The largest absolute Gasteiger partial charge is 0.493 e. The normalized spacial score (nSPS) is 20.9. The first-order chi connectivity index (χ1) is 7.33. The summed E-state index contributed by atoms with van der Waals surface area (Å²) in [7, 11) is 0. The molecule has 1 unspecified atom stereocenters. The van der Waals surface area contributed by atoms with Gasteiger partial charge in [0.05, 0.1) is 6.61 Å². The number of rotatable bonds is 3. The SMILES string of the molecule is BrC(CC1CC1)c1ccc2c(c1)CCO2. The molecule has 1 atom stereocenters. The van der Waals surface area contributed by atoms with Crippen molar-refractivity contribution in [3.8, 4) is 5.75 Å². The van der Waals surface area contributed by atoms with Gasteiger partial charge in [-0.2, -0.15) is 0 Å². The summed E-state index contributed by atoms with van der Waals surface area (Å²) < 4.78 is 5.51. The maximum absolute atomic E-state index is 5.51. The minimum absolute atomic E-state index is 0.538. The van der Waals surface area contributed by atoms with Crippen LogP contribution in [0.4, 0.5) is 0 Å². The zero-order valence-corrected chi connectivity index (χ0v) is 10.3. The molecule has 0 saturated heterocycles. The minimum atomic E-state index is 0.538. The van der Waals surface area contributed by atoms with Crippen LogP contribution in [-0.2, 0) is 6.42 Å². The third kappa shape index (κ3) is 2.05. The molecule has 1 aromatic carbocycles. The average molecular weight is 267 g/mol. The lowest BCUT2D eigenvalue weighted by Crippen LogP contribution is -1.92. The van der Waals surface area contributed by atoms with E-state index in [-0.39, 0.29) is 0 Å². The summed E-state index contributed by atoms with van der Waals surface area (Å²) in [5, 5.41) is 0. The molecular weight excluding hydrogens is 252 g/mol. The van der Waals surface area contributed by atoms with Gasteiger partial charge in [-0.15, -0.1) is 0 Å². The number of hydrogen-bond acceptors (Lipinski definition) is 1. The van der Waals surface area contributed by atoms with E-state index in [0.717, 1.165) is 24.7 Å². The molecule has 0 spiro atoms. The molecule has 80 valence electrons. The van der Waals surface area contributed by atoms with Crippen molar-refractivity contribution in [3.05, 3.63) is 29.3 Å². The van der Waals surface area contributed by atoms with Crippen LogP contribution in [0.3, 0.4) is 0 Å². The van der Waals surface area contributed by atoms with Crippen LogP contribution in [0.15, 0.2) is 18.2 Å². The van der Waals surface area contributed by atoms with Crippen molar-refractivity contribution >= 4 is 15.9 Å². The van der Waals surface area contributed by atoms with Gasteiger partial charge in [-0.1, -0.05) is 40.9 Å². The standard InChI is InChI=1S/C13H15BrO/c14-12(7-9-1-2-9)10-3-4-13-11(8-10)5-6-15-13/h3-4,8-9,12H,1-2,5-7H2. The van der Waals surface area contributed by atoms with Crippen LogP contribution in [0.5, 0.6) is 5.75 Å². The van der Waals surface area contributed by atoms with Crippen LogP contribution < -0.4 is 4.74 Å². The maximum Gasteiger partial charge on any atom is 0.122 e. The van der Waals surface area contributed by atoms with Gasteiger partial charge in [0.2, 0.25) is 0 Å². The quantitative estimate of drug-likeness (QED) is 0.756. The second-order valence-electron chi connectivity index (χ2n) is 4.61. The van der Waals surface area contributed by atoms with Crippen molar-refractivity contribution in [3.63, 3.8) is 0 Å². The molecule has 1 nitrogen and oxygen atoms in total. The molecule has 1 heterocycles. The number of benzene rings is 1. The summed E-state index contributed by atoms with van der Waals surface area (Å²) in [5.74, 6) is 2.06. The summed E-state index contributed by atoms with van der Waals surface area (Å²) in [4.78, 5) is 0.538. The van der Waals surface area contributed by atoms with Crippen molar-refractivity contribution in [2.24, 2.45) is 5.92 Å². The van der Waals surface area contributed by atoms with Crippen molar-refractivity contribution in [2.45, 2.75) is 30.5 Å². The van der Waals surface area contributed by atoms with Crippen molar-refractivity contribution in [1.29, 1.82) is 0 Å². The van der Waals surface area contributed by atoms with Gasteiger partial charge in [0, 0.05) is 11.2 Å². The van der Waals surface area contributed by atoms with Crippen LogP contribution >= 0.6 is 15.9 Å². The molecular formula is C13H15BrO. The second kappa shape index (κ2) is 3.82. The van der Waals surface area contributed by atoms with Crippen LogP contribution in [0.2, 0.25) is 0 Å². The summed E-state index contributed by atoms with van der Waals surface area (Å²) >= 11 is 3.79. The number of halogens is 1. The Kier molecular flexibility index (Phi) is 2.47. The van der Waals surface area contributed by atoms with Gasteiger partial charge in [0.15, 0.2) is 0 Å². The fourth-order valence-corrected chi connectivity index (χ4v) is 3.00. The van der Waals surface area contributed by atoms with Crippen molar-refractivity contribution in [1.82, 2.24) is 0 Å². The van der Waals surface area contributed by atoms with Crippen molar-refractivity contribution in [2.75, 3.05) is 6.61 Å². The zero-order chi connectivity index (χ0) is 10.3. The Labute approximate surface area is 99.0 Å². The topological polar surface area (TPSA) is 9.23 Å². The molecule has 15 heavy (non-hydrogen) atoms. The van der Waals surface area contributed by atoms with E-state index in [1.165, 1.54) is 30.4 Å². The second-order valence-corrected chi connectivity index (χ2v) is 5.72. The highest BCUT2D eigenvalue weighted by molar-refractivity contribution is 9.09. The molecule has 1 saturated carbocycles. The van der Waals surface area contributed by atoms with Crippen LogP contribution in [0, 0.1) is 5.92 Å². The summed E-state index contributed by atoms with van der Waals surface area (Å²) in [5.41, 5.74) is 2.80. The van der Waals surface area contributed by atoms with E-state index in [1.54, 1.807) is 0 Å². The molecule has 1 aliphatic heterocycles. The lowest BCUT2D eigenvalue weighted by Gasteiger charge is -2.10. The minimum Gasteiger partial charge on any atom is -0.493 e. The lowest BCUT2D eigenvalue weighted by atomic mass is 10.0. The van der Waals surface area contributed by atoms with Crippen LogP contribution in [-0.4, -0.2) is 6.61 Å². The first kappa shape index (κ1) is 9.71. The molecule has 3 rings (SSSR count). The van der Waals surface area contributed by atoms with Crippen LogP contribution in [0.25, 0.3) is 0 Å². The van der Waals surface area contributed by atoms with Gasteiger partial charge in [0.25, 0.3) is 0 Å². The Morgan fingerprint density at radius 3 is 3.07 bits per heavy atom. The van der Waals surface area contributed by atoms with Gasteiger partial charge in [-0.25, -0.2) is 0 Å². The Hall–Kier alpha value is -0.500. The first-order valence-electron chi connectivity index (χ1n) is 5.72. The third-order valence-corrected chi connectivity index (χ3v) is 4.21. The monoisotopic (exact) mass is 266 g/mol. The van der Waals surface area contributed by atoms with Gasteiger partial charge in [-0.05, 0) is 29.5 Å². The molecule has 0 radical (unpaired) electrons. The van der Waals surface area contributed by atoms with E-state index in [0.29, 0.717) is 4.83 Å². The highest BCUT2D eigenvalue weighted by Crippen LogP contribution is 2.42. The predicted molar refractivity (Wildman–Crippen MR) is 64.7 cm³/mol. The predicted octanol–water partition coefficient (Wildman–Crippen LogP) is 3.86. The average Bonchev–Trinajstić information content (AvgIpc) is 2.94. The first-order valence-corrected chi connectivity index (χ1v) is 6.64. The fourth-order valence-electron chi connectivity index (χ4n) is 2.18. The molecule has 0 N–H and O–H groups in total. The van der Waals surface area contributed by atoms with Gasteiger partial charge in [0.1, 0.15) is 5.75 Å². The lowest BCUT2D eigenvalue weighted by molar-refractivity contribution is 0.357. The molecule has 1 aromatic rings. The third-order valence-electron chi connectivity index (χ3n) is 3.31. The number of fused-ring (bicyclic) bond motifs is 1. The van der Waals surface area contributed by atoms with Gasteiger partial charge in [-0.3, -0.25) is 0 Å². The van der Waals surface area contributed by atoms with Crippen molar-refractivity contribution < 1.29 is 4.74 Å². The molecule has 0 bridgehead atoms. The van der Waals surface area contributed by atoms with Crippen LogP contribution in [0.1, 0.15) is 35.2 Å². The Bertz CT molecular complexity index is 371.